The number of hydrogen-bond donors (Lipinski definition) is 1. The molecule has 0 aliphatic carbocycles. The van der Waals surface area contributed by atoms with Gasteiger partial charge in [-0.25, -0.2) is 9.97 Å². The minimum Gasteiger partial charge on any atom is -0.480 e. The fourth-order valence-corrected chi connectivity index (χ4v) is 3.47. The Kier molecular flexibility index (Phi) is 7.09. The topological polar surface area (TPSA) is 127 Å². The Morgan fingerprint density at radius 2 is 1.81 bits per heavy atom. The van der Waals surface area contributed by atoms with Gasteiger partial charge in [-0.3, -0.25) is 19.4 Å². The number of ether oxygens (including phenoxy) is 2. The van der Waals surface area contributed by atoms with E-state index < -0.39 is 12.0 Å². The van der Waals surface area contributed by atoms with Crippen molar-refractivity contribution in [3.8, 4) is 17.2 Å². The second-order valence-electron chi connectivity index (χ2n) is 8.53. The van der Waals surface area contributed by atoms with E-state index in [4.69, 9.17) is 9.47 Å². The fourth-order valence-electron chi connectivity index (χ4n) is 3.47. The lowest BCUT2D eigenvalue weighted by atomic mass is 10.1. The maximum atomic E-state index is 13.0. The number of carbonyl (C=O) groups is 3. The van der Waals surface area contributed by atoms with Gasteiger partial charge in [0.25, 0.3) is 17.7 Å². The largest absolute Gasteiger partial charge is 0.480 e. The maximum absolute atomic E-state index is 13.0. The van der Waals surface area contributed by atoms with Crippen LogP contribution in [0.15, 0.2) is 48.9 Å². The molecular formula is C25H26N6O5. The van der Waals surface area contributed by atoms with Crippen molar-refractivity contribution < 1.29 is 23.9 Å². The minimum atomic E-state index is -0.651. The lowest BCUT2D eigenvalue weighted by Crippen LogP contribution is -2.29. The van der Waals surface area contributed by atoms with E-state index in [2.05, 4.69) is 20.3 Å². The first-order chi connectivity index (χ1) is 17.2. The van der Waals surface area contributed by atoms with Crippen LogP contribution in [0.2, 0.25) is 0 Å². The molecule has 1 saturated heterocycles. The lowest BCUT2D eigenvalue weighted by Gasteiger charge is -2.16. The van der Waals surface area contributed by atoms with Crippen molar-refractivity contribution in [1.29, 1.82) is 0 Å². The average Bonchev–Trinajstić information content (AvgIpc) is 3.17. The zero-order chi connectivity index (χ0) is 25.8. The Labute approximate surface area is 208 Å². The Bertz CT molecular complexity index is 1280. The molecule has 1 fully saturated rings. The number of nitrogens with zero attached hydrogens (tertiary/aromatic N) is 5. The van der Waals surface area contributed by atoms with Gasteiger partial charge in [0.2, 0.25) is 0 Å². The Hall–Kier alpha value is -4.54. The molecule has 1 aliphatic rings. The van der Waals surface area contributed by atoms with Crippen molar-refractivity contribution in [3.05, 3.63) is 65.9 Å². The summed E-state index contributed by atoms with van der Waals surface area (Å²) in [5.74, 6) is 0.415. The summed E-state index contributed by atoms with van der Waals surface area (Å²) in [5, 5.41) is 2.69. The van der Waals surface area contributed by atoms with E-state index in [1.165, 1.54) is 29.4 Å². The third kappa shape index (κ3) is 5.74. The molecule has 1 aromatic carbocycles. The van der Waals surface area contributed by atoms with Crippen molar-refractivity contribution in [1.82, 2.24) is 24.8 Å². The standard InChI is InChI=1S/C25H26N6O5/c1-15-12-28-22(14-26-15)29-23(32)16-9-18(11-19(10-16)36-21-7-8-31(4)25(21)34)35-17-5-6-20(27-13-17)24(33)30(2)3/h5-6,9-14,21H,7-8H2,1-4H3,(H,28,29,32). The van der Waals surface area contributed by atoms with Crippen LogP contribution in [-0.4, -0.2) is 76.3 Å². The van der Waals surface area contributed by atoms with Gasteiger partial charge >= 0.3 is 0 Å². The zero-order valence-electron chi connectivity index (χ0n) is 20.4. The molecule has 3 amide bonds. The Balaban J connectivity index is 1.59. The van der Waals surface area contributed by atoms with Crippen LogP contribution in [0.4, 0.5) is 5.82 Å². The highest BCUT2D eigenvalue weighted by atomic mass is 16.5. The second kappa shape index (κ2) is 10.4. The molecule has 1 N–H and O–H groups in total. The van der Waals surface area contributed by atoms with E-state index in [-0.39, 0.29) is 28.9 Å². The minimum absolute atomic E-state index is 0.132. The molecule has 0 spiro atoms. The van der Waals surface area contributed by atoms with Crippen LogP contribution in [0.25, 0.3) is 0 Å². The number of hydrogen-bond acceptors (Lipinski definition) is 8. The number of carbonyl (C=O) groups excluding carboxylic acids is 3. The quantitative estimate of drug-likeness (QED) is 0.535. The van der Waals surface area contributed by atoms with Crippen LogP contribution >= 0.6 is 0 Å². The molecule has 3 heterocycles. The smallest absolute Gasteiger partial charge is 0.271 e. The Morgan fingerprint density at radius 3 is 2.42 bits per heavy atom. The van der Waals surface area contributed by atoms with Gasteiger partial charge in [0.1, 0.15) is 22.9 Å². The van der Waals surface area contributed by atoms with Gasteiger partial charge in [0.05, 0.1) is 24.3 Å². The van der Waals surface area contributed by atoms with Gasteiger partial charge in [-0.2, -0.15) is 0 Å². The zero-order valence-corrected chi connectivity index (χ0v) is 20.4. The number of anilines is 1. The molecule has 11 heteroatoms. The SMILES string of the molecule is Cc1cnc(NC(=O)c2cc(Oc3ccc(C(=O)N(C)C)nc3)cc(OC3CCN(C)C3=O)c2)cn1. The molecule has 1 atom stereocenters. The summed E-state index contributed by atoms with van der Waals surface area (Å²) < 4.78 is 11.8. The number of likely N-dealkylation sites (N-methyl/N-ethyl adjacent to an activating group) is 1. The van der Waals surface area contributed by atoms with Gasteiger partial charge in [-0.05, 0) is 31.2 Å². The number of likely N-dealkylation sites (tertiary alicyclic amines) is 1. The number of rotatable bonds is 7. The third-order valence-electron chi connectivity index (χ3n) is 5.42. The van der Waals surface area contributed by atoms with E-state index in [9.17, 15) is 14.4 Å². The van der Waals surface area contributed by atoms with Crippen LogP contribution in [0.5, 0.6) is 17.2 Å². The number of aromatic nitrogens is 3. The molecule has 1 aliphatic heterocycles. The van der Waals surface area contributed by atoms with Crippen molar-refractivity contribution in [2.24, 2.45) is 0 Å². The van der Waals surface area contributed by atoms with Gasteiger partial charge in [-0.15, -0.1) is 0 Å². The van der Waals surface area contributed by atoms with Gasteiger partial charge < -0.3 is 24.6 Å². The molecule has 0 bridgehead atoms. The Morgan fingerprint density at radius 1 is 1.03 bits per heavy atom. The fraction of sp³-hybridized carbons (Fsp3) is 0.280. The molecule has 2 aromatic heterocycles. The normalized spacial score (nSPS) is 14.9. The summed E-state index contributed by atoms with van der Waals surface area (Å²) in [7, 11) is 4.99. The van der Waals surface area contributed by atoms with Gasteiger partial charge in [0.15, 0.2) is 11.9 Å². The molecule has 11 nitrogen and oxygen atoms in total. The summed E-state index contributed by atoms with van der Waals surface area (Å²) in [4.78, 5) is 52.8. The van der Waals surface area contributed by atoms with Crippen molar-refractivity contribution in [2.45, 2.75) is 19.4 Å². The van der Waals surface area contributed by atoms with E-state index in [1.54, 1.807) is 57.4 Å². The van der Waals surface area contributed by atoms with Crippen molar-refractivity contribution in [3.63, 3.8) is 0 Å². The van der Waals surface area contributed by atoms with Crippen LogP contribution < -0.4 is 14.8 Å². The average molecular weight is 491 g/mol. The number of nitrogens with one attached hydrogen (secondary N) is 1. The maximum Gasteiger partial charge on any atom is 0.271 e. The van der Waals surface area contributed by atoms with Crippen molar-refractivity contribution in [2.75, 3.05) is 33.0 Å². The highest BCUT2D eigenvalue weighted by Gasteiger charge is 2.31. The molecular weight excluding hydrogens is 464 g/mol. The summed E-state index contributed by atoms with van der Waals surface area (Å²) in [6.07, 6.45) is 4.30. The van der Waals surface area contributed by atoms with Crippen LogP contribution in [0.1, 0.15) is 33.0 Å². The van der Waals surface area contributed by atoms with Crippen LogP contribution in [-0.2, 0) is 4.79 Å². The predicted octanol–water partition coefficient (Wildman–Crippen LogP) is 2.54. The predicted molar refractivity (Wildman–Crippen MR) is 130 cm³/mol. The van der Waals surface area contributed by atoms with E-state index in [0.29, 0.717) is 30.2 Å². The molecule has 1 unspecified atom stereocenters. The number of aryl methyl sites for hydroxylation is 1. The summed E-state index contributed by atoms with van der Waals surface area (Å²) in [6, 6.07) is 7.81. The summed E-state index contributed by atoms with van der Waals surface area (Å²) in [6.45, 7) is 2.38. The van der Waals surface area contributed by atoms with Gasteiger partial charge in [0, 0.05) is 45.7 Å². The molecule has 36 heavy (non-hydrogen) atoms. The second-order valence-corrected chi connectivity index (χ2v) is 8.53. The third-order valence-corrected chi connectivity index (χ3v) is 5.42. The highest BCUT2D eigenvalue weighted by molar-refractivity contribution is 6.04. The van der Waals surface area contributed by atoms with Crippen LogP contribution in [0.3, 0.4) is 0 Å². The molecule has 0 radical (unpaired) electrons. The molecule has 0 saturated carbocycles. The molecule has 186 valence electrons. The van der Waals surface area contributed by atoms with E-state index >= 15 is 0 Å². The highest BCUT2D eigenvalue weighted by Crippen LogP contribution is 2.29. The monoisotopic (exact) mass is 490 g/mol. The number of amides is 3. The first-order valence-electron chi connectivity index (χ1n) is 11.2. The lowest BCUT2D eigenvalue weighted by molar-refractivity contribution is -0.132. The van der Waals surface area contributed by atoms with Gasteiger partial charge in [-0.1, -0.05) is 0 Å². The van der Waals surface area contributed by atoms with Crippen LogP contribution in [0, 0.1) is 6.92 Å². The summed E-state index contributed by atoms with van der Waals surface area (Å²) in [5.41, 5.74) is 1.22. The van der Waals surface area contributed by atoms with E-state index in [0.717, 1.165) is 5.69 Å². The van der Waals surface area contributed by atoms with Crippen molar-refractivity contribution >= 4 is 23.5 Å². The van der Waals surface area contributed by atoms with E-state index in [1.807, 2.05) is 0 Å². The summed E-state index contributed by atoms with van der Waals surface area (Å²) >= 11 is 0. The molecule has 4 rings (SSSR count). The first kappa shape index (κ1) is 24.6. The molecule has 3 aromatic rings. The first-order valence-corrected chi connectivity index (χ1v) is 11.2. The number of pyridine rings is 1. The number of benzene rings is 1.